The zero-order chi connectivity index (χ0) is 12.4. The van der Waals surface area contributed by atoms with Gasteiger partial charge in [0.05, 0.1) is 29.4 Å². The molecule has 3 nitrogen and oxygen atoms in total. The second-order valence-corrected chi connectivity index (χ2v) is 5.53. The largest absolute Gasteiger partial charge is 0.371 e. The lowest BCUT2D eigenvalue weighted by Gasteiger charge is -2.36. The van der Waals surface area contributed by atoms with Crippen molar-refractivity contribution in [2.45, 2.75) is 31.6 Å². The molecule has 0 spiro atoms. The van der Waals surface area contributed by atoms with Gasteiger partial charge in [-0.25, -0.2) is 0 Å². The molecule has 0 unspecified atom stereocenters. The summed E-state index contributed by atoms with van der Waals surface area (Å²) in [7, 11) is 0. The topological polar surface area (TPSA) is 27.1 Å². The molecule has 1 aliphatic carbocycles. The summed E-state index contributed by atoms with van der Waals surface area (Å²) in [5.74, 6) is 0. The minimum atomic E-state index is 0.289. The van der Waals surface area contributed by atoms with Gasteiger partial charge in [-0.15, -0.1) is 0 Å². The second kappa shape index (κ2) is 5.24. The molecule has 0 bridgehead atoms. The lowest BCUT2D eigenvalue weighted by Crippen LogP contribution is -2.36. The van der Waals surface area contributed by atoms with E-state index in [1.807, 2.05) is 35.3 Å². The zero-order valence-electron chi connectivity index (χ0n) is 10.00. The first kappa shape index (κ1) is 11.9. The number of hydrogen-bond donors (Lipinski definition) is 0. The van der Waals surface area contributed by atoms with Crippen LogP contribution < -0.4 is 0 Å². The van der Waals surface area contributed by atoms with Gasteiger partial charge in [0.25, 0.3) is 0 Å². The van der Waals surface area contributed by atoms with Crippen molar-refractivity contribution in [2.75, 3.05) is 0 Å². The highest BCUT2D eigenvalue weighted by atomic mass is 79.9. The van der Waals surface area contributed by atoms with E-state index in [0.717, 1.165) is 17.3 Å². The third-order valence-corrected chi connectivity index (χ3v) is 3.80. The van der Waals surface area contributed by atoms with Gasteiger partial charge in [-0.2, -0.15) is 5.10 Å². The molecule has 0 N–H and O–H groups in total. The van der Waals surface area contributed by atoms with Crippen molar-refractivity contribution in [3.63, 3.8) is 0 Å². The van der Waals surface area contributed by atoms with Crippen molar-refractivity contribution in [2.24, 2.45) is 0 Å². The first-order valence-corrected chi connectivity index (χ1v) is 6.97. The van der Waals surface area contributed by atoms with Crippen LogP contribution in [0.3, 0.4) is 0 Å². The van der Waals surface area contributed by atoms with E-state index in [4.69, 9.17) is 4.74 Å². The maximum absolute atomic E-state index is 5.96. The molecular formula is C14H15BrN2O. The molecule has 1 heterocycles. The van der Waals surface area contributed by atoms with E-state index < -0.39 is 0 Å². The van der Waals surface area contributed by atoms with Gasteiger partial charge >= 0.3 is 0 Å². The number of hydrogen-bond acceptors (Lipinski definition) is 2. The first-order valence-electron chi connectivity index (χ1n) is 6.18. The van der Waals surface area contributed by atoms with Crippen LogP contribution in [0.25, 0.3) is 0 Å². The average Bonchev–Trinajstić information content (AvgIpc) is 2.76. The summed E-state index contributed by atoms with van der Waals surface area (Å²) in [6.45, 7) is 0.685. The Morgan fingerprint density at radius 2 is 2.11 bits per heavy atom. The highest BCUT2D eigenvalue weighted by Crippen LogP contribution is 2.35. The smallest absolute Gasteiger partial charge is 0.0804 e. The fraction of sp³-hybridized carbons (Fsp3) is 0.357. The quantitative estimate of drug-likeness (QED) is 0.863. The van der Waals surface area contributed by atoms with Gasteiger partial charge in [0, 0.05) is 6.20 Å². The fourth-order valence-electron chi connectivity index (χ4n) is 2.22. The Kier molecular flexibility index (Phi) is 3.48. The van der Waals surface area contributed by atoms with Crippen LogP contribution in [0, 0.1) is 0 Å². The summed E-state index contributed by atoms with van der Waals surface area (Å²) in [5.41, 5.74) is 1.23. The third kappa shape index (κ3) is 2.49. The van der Waals surface area contributed by atoms with Crippen molar-refractivity contribution in [1.82, 2.24) is 9.78 Å². The van der Waals surface area contributed by atoms with Crippen molar-refractivity contribution in [3.8, 4) is 0 Å². The Morgan fingerprint density at radius 1 is 1.28 bits per heavy atom. The molecule has 94 valence electrons. The highest BCUT2D eigenvalue weighted by Gasteiger charge is 2.33. The van der Waals surface area contributed by atoms with Crippen LogP contribution in [0.4, 0.5) is 0 Å². The summed E-state index contributed by atoms with van der Waals surface area (Å²) >= 11 is 3.43. The Hall–Kier alpha value is -1.13. The molecule has 1 fully saturated rings. The minimum absolute atomic E-state index is 0.289. The average molecular weight is 307 g/mol. The van der Waals surface area contributed by atoms with Crippen LogP contribution in [0.1, 0.15) is 24.4 Å². The standard InChI is InChI=1S/C14H15BrN2O/c15-12-8-16-17(9-12)13-6-7-14(13)18-10-11-4-2-1-3-5-11/h1-5,8-9,13-14H,6-7,10H2/t13-,14-/m0/s1. The number of benzene rings is 1. The molecule has 2 aromatic rings. The number of nitrogens with zero attached hydrogens (tertiary/aromatic N) is 2. The number of aromatic nitrogens is 2. The van der Waals surface area contributed by atoms with E-state index in [2.05, 4.69) is 33.2 Å². The molecule has 18 heavy (non-hydrogen) atoms. The van der Waals surface area contributed by atoms with E-state index in [9.17, 15) is 0 Å². The predicted molar refractivity (Wildman–Crippen MR) is 73.2 cm³/mol. The molecule has 4 heteroatoms. The van der Waals surface area contributed by atoms with E-state index in [1.165, 1.54) is 5.56 Å². The summed E-state index contributed by atoms with van der Waals surface area (Å²) in [6, 6.07) is 10.7. The van der Waals surface area contributed by atoms with E-state index in [1.54, 1.807) is 0 Å². The van der Waals surface area contributed by atoms with Gasteiger partial charge < -0.3 is 4.74 Å². The SMILES string of the molecule is Brc1cnn([C@H]2CC[C@@H]2OCc2ccccc2)c1. The van der Waals surface area contributed by atoms with Crippen molar-refractivity contribution in [1.29, 1.82) is 0 Å². The maximum atomic E-state index is 5.96. The minimum Gasteiger partial charge on any atom is -0.371 e. The summed E-state index contributed by atoms with van der Waals surface area (Å²) in [6.07, 6.45) is 6.40. The van der Waals surface area contributed by atoms with Crippen molar-refractivity contribution >= 4 is 15.9 Å². The Labute approximate surface area is 115 Å². The number of halogens is 1. The molecule has 1 saturated carbocycles. The van der Waals surface area contributed by atoms with Crippen LogP contribution in [0.2, 0.25) is 0 Å². The normalized spacial score (nSPS) is 22.7. The molecule has 1 aliphatic rings. The van der Waals surface area contributed by atoms with Gasteiger partial charge in [-0.05, 0) is 34.3 Å². The first-order chi connectivity index (χ1) is 8.83. The maximum Gasteiger partial charge on any atom is 0.0804 e. The van der Waals surface area contributed by atoms with E-state index in [-0.39, 0.29) is 6.10 Å². The zero-order valence-corrected chi connectivity index (χ0v) is 11.6. The molecular weight excluding hydrogens is 292 g/mol. The molecule has 0 aliphatic heterocycles. The van der Waals surface area contributed by atoms with Crippen LogP contribution >= 0.6 is 15.9 Å². The molecule has 0 radical (unpaired) electrons. The fourth-order valence-corrected chi connectivity index (χ4v) is 2.52. The molecule has 1 aromatic heterocycles. The lowest BCUT2D eigenvalue weighted by molar-refractivity contribution is -0.0530. The van der Waals surface area contributed by atoms with Crippen LogP contribution in [0.15, 0.2) is 47.2 Å². The number of rotatable bonds is 4. The Balaban J connectivity index is 1.58. The van der Waals surface area contributed by atoms with Crippen molar-refractivity contribution in [3.05, 3.63) is 52.8 Å². The molecule has 0 saturated heterocycles. The van der Waals surface area contributed by atoms with Crippen LogP contribution in [0.5, 0.6) is 0 Å². The third-order valence-electron chi connectivity index (χ3n) is 3.39. The Bertz CT molecular complexity index is 512. The monoisotopic (exact) mass is 306 g/mol. The van der Waals surface area contributed by atoms with Gasteiger partial charge in [-0.3, -0.25) is 4.68 Å². The Morgan fingerprint density at radius 3 is 2.72 bits per heavy atom. The van der Waals surface area contributed by atoms with Gasteiger partial charge in [0.15, 0.2) is 0 Å². The summed E-state index contributed by atoms with van der Waals surface area (Å²) in [4.78, 5) is 0. The van der Waals surface area contributed by atoms with Crippen LogP contribution in [-0.2, 0) is 11.3 Å². The van der Waals surface area contributed by atoms with E-state index >= 15 is 0 Å². The molecule has 0 amide bonds. The van der Waals surface area contributed by atoms with Gasteiger partial charge in [0.1, 0.15) is 0 Å². The van der Waals surface area contributed by atoms with Crippen LogP contribution in [-0.4, -0.2) is 15.9 Å². The van der Waals surface area contributed by atoms with Crippen molar-refractivity contribution < 1.29 is 4.74 Å². The van der Waals surface area contributed by atoms with Gasteiger partial charge in [-0.1, -0.05) is 30.3 Å². The summed E-state index contributed by atoms with van der Waals surface area (Å²) in [5, 5.41) is 4.33. The van der Waals surface area contributed by atoms with E-state index in [0.29, 0.717) is 12.6 Å². The predicted octanol–water partition coefficient (Wildman–Crippen LogP) is 3.57. The highest BCUT2D eigenvalue weighted by molar-refractivity contribution is 9.10. The molecule has 3 rings (SSSR count). The molecule has 2 atom stereocenters. The second-order valence-electron chi connectivity index (χ2n) is 4.62. The lowest BCUT2D eigenvalue weighted by atomic mass is 9.89. The van der Waals surface area contributed by atoms with Gasteiger partial charge in [0.2, 0.25) is 0 Å². The molecule has 1 aromatic carbocycles. The summed E-state index contributed by atoms with van der Waals surface area (Å²) < 4.78 is 8.99. The number of ether oxygens (including phenoxy) is 1.